The molecule has 26 heavy (non-hydrogen) atoms. The van der Waals surface area contributed by atoms with Crippen molar-refractivity contribution in [2.24, 2.45) is 11.5 Å². The lowest BCUT2D eigenvalue weighted by Crippen LogP contribution is -2.38. The SMILES string of the molecule is CN(C(=N)N)C(=O)c1cc2c(Cl)cc(OCc3ccc(CN)s3)cc2[nH]1. The molecule has 2 aromatic heterocycles. The van der Waals surface area contributed by atoms with Gasteiger partial charge in [0.25, 0.3) is 5.91 Å². The molecule has 0 saturated carbocycles. The Morgan fingerprint density at radius 3 is 2.73 bits per heavy atom. The van der Waals surface area contributed by atoms with Crippen molar-refractivity contribution in [2.45, 2.75) is 13.2 Å². The number of halogens is 1. The highest BCUT2D eigenvalue weighted by Crippen LogP contribution is 2.31. The number of rotatable bonds is 5. The van der Waals surface area contributed by atoms with Crippen LogP contribution in [0.1, 0.15) is 20.2 Å². The molecule has 1 aromatic carbocycles. The molecule has 0 atom stereocenters. The molecule has 0 aliphatic carbocycles. The summed E-state index contributed by atoms with van der Waals surface area (Å²) in [5.74, 6) is -0.164. The van der Waals surface area contributed by atoms with Crippen LogP contribution in [0, 0.1) is 5.41 Å². The van der Waals surface area contributed by atoms with E-state index >= 15 is 0 Å². The number of carbonyl (C=O) groups is 1. The predicted octanol–water partition coefficient (Wildman–Crippen LogP) is 2.89. The Bertz CT molecular complexity index is 981. The fraction of sp³-hybridized carbons (Fsp3) is 0.176. The van der Waals surface area contributed by atoms with Gasteiger partial charge < -0.3 is 21.2 Å². The van der Waals surface area contributed by atoms with E-state index in [1.54, 1.807) is 29.5 Å². The average molecular weight is 392 g/mol. The number of aromatic amines is 1. The second-order valence-electron chi connectivity index (χ2n) is 5.66. The minimum Gasteiger partial charge on any atom is -0.488 e. The lowest BCUT2D eigenvalue weighted by molar-refractivity contribution is 0.0864. The molecule has 0 saturated heterocycles. The van der Waals surface area contributed by atoms with Crippen LogP contribution in [0.4, 0.5) is 0 Å². The van der Waals surface area contributed by atoms with Crippen molar-refractivity contribution in [1.82, 2.24) is 9.88 Å². The van der Waals surface area contributed by atoms with Gasteiger partial charge in [0.05, 0.1) is 10.5 Å². The second kappa shape index (κ2) is 7.36. The van der Waals surface area contributed by atoms with Gasteiger partial charge in [-0.05, 0) is 24.3 Å². The van der Waals surface area contributed by atoms with Gasteiger partial charge in [-0.1, -0.05) is 11.6 Å². The van der Waals surface area contributed by atoms with Crippen molar-refractivity contribution in [3.05, 3.63) is 50.8 Å². The van der Waals surface area contributed by atoms with Gasteiger partial charge in [-0.15, -0.1) is 11.3 Å². The first-order valence-electron chi connectivity index (χ1n) is 7.74. The maximum absolute atomic E-state index is 12.3. The summed E-state index contributed by atoms with van der Waals surface area (Å²) in [5, 5.41) is 8.52. The van der Waals surface area contributed by atoms with Crippen molar-refractivity contribution in [3.63, 3.8) is 0 Å². The maximum Gasteiger partial charge on any atom is 0.276 e. The molecule has 0 bridgehead atoms. The lowest BCUT2D eigenvalue weighted by atomic mass is 10.2. The summed E-state index contributed by atoms with van der Waals surface area (Å²) in [6.07, 6.45) is 0. The molecule has 0 fully saturated rings. The number of hydrogen-bond acceptors (Lipinski definition) is 5. The van der Waals surface area contributed by atoms with Gasteiger partial charge >= 0.3 is 0 Å². The van der Waals surface area contributed by atoms with Gasteiger partial charge in [0, 0.05) is 34.8 Å². The number of nitrogens with one attached hydrogen (secondary N) is 2. The quantitative estimate of drug-likeness (QED) is 0.394. The van der Waals surface area contributed by atoms with Gasteiger partial charge in [0.15, 0.2) is 5.96 Å². The van der Waals surface area contributed by atoms with E-state index in [2.05, 4.69) is 4.98 Å². The highest BCUT2D eigenvalue weighted by atomic mass is 35.5. The average Bonchev–Trinajstić information content (AvgIpc) is 3.25. The van der Waals surface area contributed by atoms with E-state index in [0.29, 0.717) is 40.5 Å². The smallest absolute Gasteiger partial charge is 0.276 e. The molecular formula is C17H18ClN5O2S. The largest absolute Gasteiger partial charge is 0.488 e. The summed E-state index contributed by atoms with van der Waals surface area (Å²) in [4.78, 5) is 18.5. The van der Waals surface area contributed by atoms with Crippen LogP contribution in [0.15, 0.2) is 30.3 Å². The molecule has 1 amide bonds. The fourth-order valence-corrected chi connectivity index (χ4v) is 3.50. The van der Waals surface area contributed by atoms with Crippen LogP contribution in [-0.2, 0) is 13.2 Å². The number of guanidine groups is 1. The van der Waals surface area contributed by atoms with Crippen LogP contribution in [0.3, 0.4) is 0 Å². The number of nitrogens with two attached hydrogens (primary N) is 2. The molecule has 0 spiro atoms. The molecule has 3 rings (SSSR count). The third-order valence-electron chi connectivity index (χ3n) is 3.86. The number of thiophene rings is 1. The number of ether oxygens (including phenoxy) is 1. The third kappa shape index (κ3) is 3.67. The fourth-order valence-electron chi connectivity index (χ4n) is 2.42. The molecular weight excluding hydrogens is 374 g/mol. The monoisotopic (exact) mass is 391 g/mol. The summed E-state index contributed by atoms with van der Waals surface area (Å²) in [7, 11) is 1.43. The highest BCUT2D eigenvalue weighted by Gasteiger charge is 2.18. The molecule has 2 heterocycles. The van der Waals surface area contributed by atoms with Crippen molar-refractivity contribution in [2.75, 3.05) is 7.05 Å². The zero-order valence-electron chi connectivity index (χ0n) is 14.0. The molecule has 0 aliphatic heterocycles. The first-order valence-corrected chi connectivity index (χ1v) is 8.93. The summed E-state index contributed by atoms with van der Waals surface area (Å²) >= 11 is 7.93. The van der Waals surface area contributed by atoms with E-state index in [1.165, 1.54) is 7.05 Å². The predicted molar refractivity (Wildman–Crippen MR) is 104 cm³/mol. The number of amides is 1. The van der Waals surface area contributed by atoms with Crippen molar-refractivity contribution in [3.8, 4) is 5.75 Å². The van der Waals surface area contributed by atoms with Gasteiger partial charge in [-0.25, -0.2) is 0 Å². The third-order valence-corrected chi connectivity index (χ3v) is 5.25. The highest BCUT2D eigenvalue weighted by molar-refractivity contribution is 7.11. The number of carbonyl (C=O) groups excluding carboxylic acids is 1. The normalized spacial score (nSPS) is 10.9. The van der Waals surface area contributed by atoms with Gasteiger partial charge in [-0.3, -0.25) is 15.1 Å². The lowest BCUT2D eigenvalue weighted by Gasteiger charge is -2.12. The van der Waals surface area contributed by atoms with Crippen LogP contribution in [0.5, 0.6) is 5.75 Å². The Balaban J connectivity index is 1.82. The van der Waals surface area contributed by atoms with E-state index in [9.17, 15) is 4.79 Å². The number of benzene rings is 1. The standard InChI is InChI=1S/C17H18ClN5O2S/c1-23(17(20)21)16(24)15-6-12-13(18)4-9(5-14(12)22-15)25-8-11-3-2-10(7-19)26-11/h2-6,22H,7-8,19H2,1H3,(H3,20,21). The summed E-state index contributed by atoms with van der Waals surface area (Å²) < 4.78 is 5.81. The maximum atomic E-state index is 12.3. The molecule has 0 aliphatic rings. The van der Waals surface area contributed by atoms with E-state index < -0.39 is 5.91 Å². The van der Waals surface area contributed by atoms with E-state index in [0.717, 1.165) is 14.7 Å². The number of fused-ring (bicyclic) bond motifs is 1. The van der Waals surface area contributed by atoms with Crippen molar-refractivity contribution < 1.29 is 9.53 Å². The van der Waals surface area contributed by atoms with E-state index in [-0.39, 0.29) is 5.96 Å². The summed E-state index contributed by atoms with van der Waals surface area (Å²) in [5.41, 5.74) is 11.9. The van der Waals surface area contributed by atoms with Gasteiger partial charge in [0.1, 0.15) is 18.1 Å². The Labute approximate surface area is 159 Å². The Morgan fingerprint density at radius 2 is 2.08 bits per heavy atom. The van der Waals surface area contributed by atoms with Crippen LogP contribution >= 0.6 is 22.9 Å². The molecule has 6 N–H and O–H groups in total. The van der Waals surface area contributed by atoms with Crippen molar-refractivity contribution >= 4 is 45.7 Å². The van der Waals surface area contributed by atoms with E-state index in [4.69, 9.17) is 33.2 Å². The Hall–Kier alpha value is -2.55. The summed E-state index contributed by atoms with van der Waals surface area (Å²) in [6, 6.07) is 9.08. The van der Waals surface area contributed by atoms with Crippen molar-refractivity contribution in [1.29, 1.82) is 5.41 Å². The molecule has 3 aromatic rings. The first kappa shape index (κ1) is 18.2. The van der Waals surface area contributed by atoms with Gasteiger partial charge in [0.2, 0.25) is 0 Å². The minimum absolute atomic E-state index is 0.294. The van der Waals surface area contributed by atoms with E-state index in [1.807, 2.05) is 12.1 Å². The Morgan fingerprint density at radius 1 is 1.35 bits per heavy atom. The Kier molecular flexibility index (Phi) is 5.17. The summed E-state index contributed by atoms with van der Waals surface area (Å²) in [6.45, 7) is 0.919. The number of hydrogen-bond donors (Lipinski definition) is 4. The molecule has 136 valence electrons. The van der Waals surface area contributed by atoms with Crippen LogP contribution in [0.25, 0.3) is 10.9 Å². The topological polar surface area (TPSA) is 121 Å². The van der Waals surface area contributed by atoms with Crippen LogP contribution in [-0.4, -0.2) is 28.8 Å². The molecule has 0 radical (unpaired) electrons. The number of nitrogens with zero attached hydrogens (tertiary/aromatic N) is 1. The number of H-pyrrole nitrogens is 1. The number of aromatic nitrogens is 1. The first-order chi connectivity index (χ1) is 12.4. The zero-order valence-corrected chi connectivity index (χ0v) is 15.6. The molecule has 7 nitrogen and oxygen atoms in total. The van der Waals surface area contributed by atoms with Gasteiger partial charge in [-0.2, -0.15) is 0 Å². The van der Waals surface area contributed by atoms with Crippen LogP contribution < -0.4 is 16.2 Å². The van der Waals surface area contributed by atoms with Crippen LogP contribution in [0.2, 0.25) is 5.02 Å². The molecule has 9 heteroatoms. The zero-order chi connectivity index (χ0) is 18.8. The molecule has 0 unspecified atom stereocenters. The minimum atomic E-state index is -0.417. The second-order valence-corrected chi connectivity index (χ2v) is 7.32.